The van der Waals surface area contributed by atoms with Gasteiger partial charge >= 0.3 is 0 Å². The van der Waals surface area contributed by atoms with Gasteiger partial charge in [0.25, 0.3) is 0 Å². The zero-order valence-electron chi connectivity index (χ0n) is 14.1. The molecule has 0 aliphatic rings. The molecule has 0 heterocycles. The lowest BCUT2D eigenvalue weighted by atomic mass is 10.1. The van der Waals surface area contributed by atoms with Crippen LogP contribution in [0.4, 0.5) is 0 Å². The number of hydrogen-bond acceptors (Lipinski definition) is 2. The predicted octanol–water partition coefficient (Wildman–Crippen LogP) is 5.06. The first-order valence-corrected chi connectivity index (χ1v) is 8.68. The Balaban J connectivity index is 2.22. The maximum Gasteiger partial charge on any atom is 0.240 e. The van der Waals surface area contributed by atoms with Crippen LogP contribution in [0.1, 0.15) is 77.2 Å². The van der Waals surface area contributed by atoms with Crippen LogP contribution in [-0.4, -0.2) is 11.6 Å². The predicted molar refractivity (Wildman–Crippen MR) is 94.0 cm³/mol. The van der Waals surface area contributed by atoms with Gasteiger partial charge in [0.05, 0.1) is 5.71 Å². The maximum atomic E-state index is 11.8. The minimum Gasteiger partial charge on any atom is -0.273 e. The SMILES string of the molecule is CCCCCCCCCC(=O)NN=C(CC)c1ccccc1. The van der Waals surface area contributed by atoms with Crippen LogP contribution in [0.25, 0.3) is 0 Å². The summed E-state index contributed by atoms with van der Waals surface area (Å²) in [5.41, 5.74) is 4.69. The molecule has 3 heteroatoms. The molecule has 1 aromatic carbocycles. The van der Waals surface area contributed by atoms with Crippen molar-refractivity contribution >= 4 is 11.6 Å². The Hall–Kier alpha value is -1.64. The quantitative estimate of drug-likeness (QED) is 0.346. The van der Waals surface area contributed by atoms with Crippen molar-refractivity contribution in [3.8, 4) is 0 Å². The summed E-state index contributed by atoms with van der Waals surface area (Å²) in [5.74, 6) is 0.0236. The summed E-state index contributed by atoms with van der Waals surface area (Å²) in [6.07, 6.45) is 9.94. The first-order chi connectivity index (χ1) is 10.8. The van der Waals surface area contributed by atoms with Crippen LogP contribution in [0.5, 0.6) is 0 Å². The zero-order valence-corrected chi connectivity index (χ0v) is 14.1. The highest BCUT2D eigenvalue weighted by Gasteiger charge is 2.03. The highest BCUT2D eigenvalue weighted by molar-refractivity contribution is 6.00. The van der Waals surface area contributed by atoms with Crippen molar-refractivity contribution in [2.75, 3.05) is 0 Å². The topological polar surface area (TPSA) is 41.5 Å². The smallest absolute Gasteiger partial charge is 0.240 e. The normalized spacial score (nSPS) is 11.5. The first-order valence-electron chi connectivity index (χ1n) is 8.68. The van der Waals surface area contributed by atoms with Gasteiger partial charge in [0.2, 0.25) is 5.91 Å². The maximum absolute atomic E-state index is 11.8. The number of benzene rings is 1. The molecule has 22 heavy (non-hydrogen) atoms. The average Bonchev–Trinajstić information content (AvgIpc) is 2.55. The van der Waals surface area contributed by atoms with Gasteiger partial charge in [-0.3, -0.25) is 4.79 Å². The van der Waals surface area contributed by atoms with Gasteiger partial charge in [-0.1, -0.05) is 82.7 Å². The van der Waals surface area contributed by atoms with E-state index >= 15 is 0 Å². The van der Waals surface area contributed by atoms with Gasteiger partial charge in [-0.2, -0.15) is 5.10 Å². The van der Waals surface area contributed by atoms with Crippen molar-refractivity contribution in [3.63, 3.8) is 0 Å². The summed E-state index contributed by atoms with van der Waals surface area (Å²) in [7, 11) is 0. The largest absolute Gasteiger partial charge is 0.273 e. The van der Waals surface area contributed by atoms with Crippen LogP contribution in [0.15, 0.2) is 35.4 Å². The van der Waals surface area contributed by atoms with E-state index in [1.54, 1.807) is 0 Å². The van der Waals surface area contributed by atoms with Crippen molar-refractivity contribution < 1.29 is 4.79 Å². The summed E-state index contributed by atoms with van der Waals surface area (Å²) >= 11 is 0. The Morgan fingerprint density at radius 3 is 2.23 bits per heavy atom. The van der Waals surface area contributed by atoms with Gasteiger partial charge in [0, 0.05) is 6.42 Å². The third-order valence-electron chi connectivity index (χ3n) is 3.76. The lowest BCUT2D eigenvalue weighted by Gasteiger charge is -2.05. The fraction of sp³-hybridized carbons (Fsp3) is 0.579. The van der Waals surface area contributed by atoms with Crippen molar-refractivity contribution in [2.24, 2.45) is 5.10 Å². The number of nitrogens with one attached hydrogen (secondary N) is 1. The summed E-state index contributed by atoms with van der Waals surface area (Å²) in [4.78, 5) is 11.8. The Morgan fingerprint density at radius 2 is 1.59 bits per heavy atom. The molecule has 3 nitrogen and oxygen atoms in total. The molecule has 0 spiro atoms. The highest BCUT2D eigenvalue weighted by Crippen LogP contribution is 2.08. The van der Waals surface area contributed by atoms with Crippen LogP contribution >= 0.6 is 0 Å². The lowest BCUT2D eigenvalue weighted by molar-refractivity contribution is -0.121. The van der Waals surface area contributed by atoms with E-state index in [-0.39, 0.29) is 5.91 Å². The molecular formula is C19H30N2O. The third-order valence-corrected chi connectivity index (χ3v) is 3.76. The number of nitrogens with zero attached hydrogens (tertiary/aromatic N) is 1. The number of unbranched alkanes of at least 4 members (excludes halogenated alkanes) is 6. The number of carbonyl (C=O) groups is 1. The van der Waals surface area contributed by atoms with E-state index in [1.807, 2.05) is 37.3 Å². The number of hydrazone groups is 1. The van der Waals surface area contributed by atoms with E-state index in [2.05, 4.69) is 17.5 Å². The van der Waals surface area contributed by atoms with Gasteiger partial charge in [0.1, 0.15) is 0 Å². The second kappa shape index (κ2) is 12.0. The van der Waals surface area contributed by atoms with Crippen LogP contribution < -0.4 is 5.43 Å². The van der Waals surface area contributed by atoms with E-state index in [0.29, 0.717) is 6.42 Å². The van der Waals surface area contributed by atoms with Gasteiger partial charge in [0.15, 0.2) is 0 Å². The lowest BCUT2D eigenvalue weighted by Crippen LogP contribution is -2.19. The first kappa shape index (κ1) is 18.4. The molecule has 122 valence electrons. The summed E-state index contributed by atoms with van der Waals surface area (Å²) in [6.45, 7) is 4.28. The molecule has 0 bridgehead atoms. The van der Waals surface area contributed by atoms with Crippen LogP contribution in [-0.2, 0) is 4.79 Å². The number of rotatable bonds is 11. The minimum atomic E-state index is 0.0236. The number of carbonyl (C=O) groups excluding carboxylic acids is 1. The Morgan fingerprint density at radius 1 is 0.955 bits per heavy atom. The molecule has 1 amide bonds. The summed E-state index contributed by atoms with van der Waals surface area (Å²) in [6, 6.07) is 9.99. The third kappa shape index (κ3) is 7.96. The molecule has 1 aromatic rings. The van der Waals surface area contributed by atoms with E-state index < -0.39 is 0 Å². The molecule has 0 unspecified atom stereocenters. The molecule has 1 rings (SSSR count). The number of amides is 1. The van der Waals surface area contributed by atoms with Crippen LogP contribution in [0.3, 0.4) is 0 Å². The van der Waals surface area contributed by atoms with Gasteiger partial charge < -0.3 is 0 Å². The Bertz CT molecular complexity index is 440. The molecule has 0 saturated heterocycles. The van der Waals surface area contributed by atoms with E-state index in [1.165, 1.54) is 32.1 Å². The molecule has 0 fully saturated rings. The molecule has 0 atom stereocenters. The van der Waals surface area contributed by atoms with Crippen molar-refractivity contribution in [1.82, 2.24) is 5.43 Å². The molecule has 0 aliphatic carbocycles. The molecule has 0 saturated carbocycles. The Labute approximate surface area is 135 Å². The van der Waals surface area contributed by atoms with E-state index in [4.69, 9.17) is 0 Å². The van der Waals surface area contributed by atoms with Crippen LogP contribution in [0, 0.1) is 0 Å². The Kier molecular flexibility index (Phi) is 10.0. The van der Waals surface area contributed by atoms with Gasteiger partial charge in [-0.15, -0.1) is 0 Å². The second-order valence-corrected chi connectivity index (χ2v) is 5.68. The summed E-state index contributed by atoms with van der Waals surface area (Å²) in [5, 5.41) is 4.27. The fourth-order valence-corrected chi connectivity index (χ4v) is 2.41. The van der Waals surface area contributed by atoms with E-state index in [0.717, 1.165) is 30.5 Å². The molecular weight excluding hydrogens is 272 g/mol. The molecule has 0 aromatic heterocycles. The van der Waals surface area contributed by atoms with Crippen molar-refractivity contribution in [3.05, 3.63) is 35.9 Å². The molecule has 0 radical (unpaired) electrons. The fourth-order valence-electron chi connectivity index (χ4n) is 2.41. The highest BCUT2D eigenvalue weighted by atomic mass is 16.2. The van der Waals surface area contributed by atoms with Crippen LogP contribution in [0.2, 0.25) is 0 Å². The minimum absolute atomic E-state index is 0.0236. The van der Waals surface area contributed by atoms with Crippen molar-refractivity contribution in [2.45, 2.75) is 71.6 Å². The monoisotopic (exact) mass is 302 g/mol. The van der Waals surface area contributed by atoms with Gasteiger partial charge in [-0.25, -0.2) is 5.43 Å². The number of hydrogen-bond donors (Lipinski definition) is 1. The average molecular weight is 302 g/mol. The second-order valence-electron chi connectivity index (χ2n) is 5.68. The zero-order chi connectivity index (χ0) is 16.0. The summed E-state index contributed by atoms with van der Waals surface area (Å²) < 4.78 is 0. The standard InChI is InChI=1S/C19H30N2O/c1-3-5-6-7-8-9-13-16-19(22)21-20-18(4-2)17-14-11-10-12-15-17/h10-12,14-15H,3-9,13,16H2,1-2H3,(H,21,22). The molecule has 0 aliphatic heterocycles. The van der Waals surface area contributed by atoms with Gasteiger partial charge in [-0.05, 0) is 18.4 Å². The molecule has 1 N–H and O–H groups in total. The van der Waals surface area contributed by atoms with E-state index in [9.17, 15) is 4.79 Å². The van der Waals surface area contributed by atoms with Crippen molar-refractivity contribution in [1.29, 1.82) is 0 Å².